The number of ether oxygens (including phenoxy) is 3. The number of hydrogen-bond donors (Lipinski definition) is 1. The van der Waals surface area contributed by atoms with Crippen molar-refractivity contribution in [2.45, 2.75) is 12.5 Å². The second kappa shape index (κ2) is 10.9. The van der Waals surface area contributed by atoms with Crippen molar-refractivity contribution >= 4 is 35.5 Å². The molecule has 2 heterocycles. The average molecular weight is 492 g/mol. The first-order valence-electron chi connectivity index (χ1n) is 11.3. The molecule has 36 heavy (non-hydrogen) atoms. The third kappa shape index (κ3) is 4.97. The van der Waals surface area contributed by atoms with E-state index in [9.17, 15) is 14.4 Å². The Morgan fingerprint density at radius 1 is 1.03 bits per heavy atom. The van der Waals surface area contributed by atoms with E-state index in [1.165, 1.54) is 17.9 Å². The van der Waals surface area contributed by atoms with Crippen LogP contribution in [0.4, 0.5) is 10.5 Å². The Morgan fingerprint density at radius 3 is 2.53 bits per heavy atom. The summed E-state index contributed by atoms with van der Waals surface area (Å²) >= 11 is 0. The zero-order valence-electron chi connectivity index (χ0n) is 20.3. The minimum atomic E-state index is -0.892. The van der Waals surface area contributed by atoms with Gasteiger partial charge < -0.3 is 19.5 Å². The lowest BCUT2D eigenvalue weighted by molar-refractivity contribution is -0.426. The average Bonchev–Trinajstić information content (AvgIpc) is 2.91. The molecule has 4 amide bonds. The molecule has 0 radical (unpaired) electrons. The fraction of sp³-hybridized carbons (Fsp3) is 0.269. The van der Waals surface area contributed by atoms with Crippen LogP contribution in [-0.2, 0) is 16.0 Å². The number of dihydropyridines is 1. The number of nitrogens with zero attached hydrogens (tertiary/aromatic N) is 3. The topological polar surface area (TPSA) is 110 Å². The van der Waals surface area contributed by atoms with Gasteiger partial charge in [-0.25, -0.2) is 4.79 Å². The zero-order chi connectivity index (χ0) is 25.7. The van der Waals surface area contributed by atoms with Crippen molar-refractivity contribution in [1.82, 2.24) is 4.90 Å². The largest absolute Gasteiger partial charge is 0.501 e. The molecule has 0 aromatic heterocycles. The molecule has 0 fully saturated rings. The standard InChI is InChI=1S/C26H26N4O6/c1-34-20-9-5-4-7-18(20)28-23(31)16-30-19-8-6-13-27-24(19)25(32)29(26(30)33)14-12-17-10-11-21(35-2)22(15-17)36-3/h4-11,13,15,24H,12,14,16H2,1-3H3/p+1. The Morgan fingerprint density at radius 2 is 1.78 bits per heavy atom. The highest BCUT2D eigenvalue weighted by atomic mass is 16.5. The molecule has 10 nitrogen and oxygen atoms in total. The van der Waals surface area contributed by atoms with Crippen LogP contribution in [-0.4, -0.2) is 79.7 Å². The number of allylic oxidation sites excluding steroid dienone is 1. The summed E-state index contributed by atoms with van der Waals surface area (Å²) in [5, 5.41) is 2.77. The van der Waals surface area contributed by atoms with E-state index in [4.69, 9.17) is 14.2 Å². The highest BCUT2D eigenvalue weighted by Crippen LogP contribution is 2.28. The van der Waals surface area contributed by atoms with Gasteiger partial charge in [0, 0.05) is 12.6 Å². The Kier molecular flexibility index (Phi) is 7.43. The molecule has 1 unspecified atom stereocenters. The SMILES string of the molecule is COc1ccccc1NC(=O)C[N+]1=C2C=CC=NC2C(=O)N(CCc2ccc(OC)c(OC)c2)C1=O. The number of anilines is 1. The van der Waals surface area contributed by atoms with Crippen LogP contribution in [0.3, 0.4) is 0 Å². The number of amides is 4. The number of para-hydroxylation sites is 2. The van der Waals surface area contributed by atoms with Crippen molar-refractivity contribution in [1.29, 1.82) is 0 Å². The van der Waals surface area contributed by atoms with Gasteiger partial charge in [0.15, 0.2) is 18.0 Å². The van der Waals surface area contributed by atoms with Crippen LogP contribution >= 0.6 is 0 Å². The van der Waals surface area contributed by atoms with Crippen molar-refractivity contribution < 1.29 is 33.2 Å². The third-order valence-corrected chi connectivity index (χ3v) is 5.90. The second-order valence-electron chi connectivity index (χ2n) is 8.03. The molecule has 2 aliphatic heterocycles. The first kappa shape index (κ1) is 24.6. The van der Waals surface area contributed by atoms with Crippen molar-refractivity contribution in [3.63, 3.8) is 0 Å². The van der Waals surface area contributed by atoms with Crippen LogP contribution in [0.1, 0.15) is 5.56 Å². The predicted molar refractivity (Wildman–Crippen MR) is 134 cm³/mol. The summed E-state index contributed by atoms with van der Waals surface area (Å²) in [7, 11) is 4.60. The number of methoxy groups -OCH3 is 3. The summed E-state index contributed by atoms with van der Waals surface area (Å²) < 4.78 is 17.2. The van der Waals surface area contributed by atoms with E-state index in [2.05, 4.69) is 10.3 Å². The third-order valence-electron chi connectivity index (χ3n) is 5.90. The van der Waals surface area contributed by atoms with Gasteiger partial charge in [-0.05, 0) is 42.0 Å². The van der Waals surface area contributed by atoms with Crippen LogP contribution in [0, 0.1) is 0 Å². The predicted octanol–water partition coefficient (Wildman–Crippen LogP) is 2.32. The molecule has 0 spiro atoms. The van der Waals surface area contributed by atoms with Crippen molar-refractivity contribution in [2.75, 3.05) is 39.7 Å². The maximum absolute atomic E-state index is 13.4. The van der Waals surface area contributed by atoms with E-state index in [1.807, 2.05) is 6.07 Å². The van der Waals surface area contributed by atoms with E-state index in [1.54, 1.807) is 62.8 Å². The number of carbonyl (C=O) groups excluding carboxylic acids is 3. The van der Waals surface area contributed by atoms with Crippen molar-refractivity contribution in [2.24, 2.45) is 4.99 Å². The summed E-state index contributed by atoms with van der Waals surface area (Å²) in [6.45, 7) is -0.177. The van der Waals surface area contributed by atoms with E-state index in [-0.39, 0.29) is 13.1 Å². The van der Waals surface area contributed by atoms with Gasteiger partial charge in [-0.15, -0.1) is 0 Å². The summed E-state index contributed by atoms with van der Waals surface area (Å²) in [6.07, 6.45) is 5.18. The minimum absolute atomic E-state index is 0.112. The zero-order valence-corrected chi connectivity index (χ0v) is 20.3. The molecule has 2 aromatic carbocycles. The Bertz CT molecular complexity index is 1280. The fourth-order valence-electron chi connectivity index (χ4n) is 4.09. The molecular formula is C26H27N4O6+. The van der Waals surface area contributed by atoms with E-state index >= 15 is 0 Å². The summed E-state index contributed by atoms with van der Waals surface area (Å²) in [5.41, 5.74) is 1.70. The molecule has 186 valence electrons. The number of nitrogens with one attached hydrogen (secondary N) is 1. The molecule has 4 rings (SSSR count). The van der Waals surface area contributed by atoms with E-state index in [0.29, 0.717) is 35.1 Å². The van der Waals surface area contributed by atoms with Crippen LogP contribution < -0.4 is 19.5 Å². The van der Waals surface area contributed by atoms with Crippen LogP contribution in [0.25, 0.3) is 0 Å². The Labute approximate surface area is 208 Å². The van der Waals surface area contributed by atoms with Gasteiger partial charge >= 0.3 is 11.9 Å². The van der Waals surface area contributed by atoms with Gasteiger partial charge in [-0.1, -0.05) is 18.2 Å². The molecule has 0 bridgehead atoms. The van der Waals surface area contributed by atoms with Gasteiger partial charge in [0.2, 0.25) is 6.04 Å². The van der Waals surface area contributed by atoms with Gasteiger partial charge in [0.05, 0.1) is 27.0 Å². The molecule has 1 atom stereocenters. The van der Waals surface area contributed by atoms with Gasteiger partial charge in [-0.2, -0.15) is 14.3 Å². The molecule has 2 aromatic rings. The molecule has 2 aliphatic rings. The lowest BCUT2D eigenvalue weighted by atomic mass is 10.0. The Hall–Kier alpha value is -4.47. The van der Waals surface area contributed by atoms with Crippen LogP contribution in [0.2, 0.25) is 0 Å². The molecule has 0 saturated carbocycles. The van der Waals surface area contributed by atoms with Gasteiger partial charge in [-0.3, -0.25) is 9.79 Å². The fourth-order valence-corrected chi connectivity index (χ4v) is 4.09. The highest BCUT2D eigenvalue weighted by Gasteiger charge is 2.48. The lowest BCUT2D eigenvalue weighted by Crippen LogP contribution is -2.58. The van der Waals surface area contributed by atoms with Crippen LogP contribution in [0.5, 0.6) is 17.2 Å². The number of imide groups is 1. The van der Waals surface area contributed by atoms with Crippen molar-refractivity contribution in [3.05, 3.63) is 60.2 Å². The number of aliphatic imine (C=N–C) groups is 1. The smallest absolute Gasteiger partial charge is 0.495 e. The van der Waals surface area contributed by atoms with Crippen molar-refractivity contribution in [3.8, 4) is 17.2 Å². The monoisotopic (exact) mass is 491 g/mol. The van der Waals surface area contributed by atoms with Gasteiger partial charge in [0.1, 0.15) is 18.0 Å². The van der Waals surface area contributed by atoms with Crippen LogP contribution in [0.15, 0.2) is 59.6 Å². The minimum Gasteiger partial charge on any atom is -0.495 e. The molecule has 0 aliphatic carbocycles. The summed E-state index contributed by atoms with van der Waals surface area (Å²) in [4.78, 5) is 44.9. The first-order valence-corrected chi connectivity index (χ1v) is 11.3. The molecule has 0 saturated heterocycles. The maximum atomic E-state index is 13.4. The first-order chi connectivity index (χ1) is 17.5. The van der Waals surface area contributed by atoms with Gasteiger partial charge in [0.25, 0.3) is 5.91 Å². The van der Waals surface area contributed by atoms with E-state index < -0.39 is 23.9 Å². The number of fused-ring (bicyclic) bond motifs is 1. The lowest BCUT2D eigenvalue weighted by Gasteiger charge is -2.26. The number of benzene rings is 2. The molecule has 10 heteroatoms. The Balaban J connectivity index is 1.55. The molecular weight excluding hydrogens is 464 g/mol. The summed E-state index contributed by atoms with van der Waals surface area (Å²) in [6, 6.07) is 10.9. The molecule has 1 N–H and O–H groups in total. The quantitative estimate of drug-likeness (QED) is 0.539. The maximum Gasteiger partial charge on any atom is 0.501 e. The number of rotatable bonds is 9. The number of carbonyl (C=O) groups is 3. The highest BCUT2D eigenvalue weighted by molar-refractivity contribution is 6.20. The normalized spacial score (nSPS) is 16.6. The summed E-state index contributed by atoms with van der Waals surface area (Å²) in [5.74, 6) is 0.767. The number of urea groups is 1. The van der Waals surface area contributed by atoms with E-state index in [0.717, 1.165) is 10.5 Å². The second-order valence-corrected chi connectivity index (χ2v) is 8.03. The number of hydrogen-bond acceptors (Lipinski definition) is 7.